The lowest BCUT2D eigenvalue weighted by atomic mass is 10.1. The molecule has 0 bridgehead atoms. The van der Waals surface area contributed by atoms with Crippen LogP contribution in [0, 0.1) is 11.6 Å². The maximum absolute atomic E-state index is 13.6. The zero-order chi connectivity index (χ0) is 21.1. The molecule has 1 atom stereocenters. The van der Waals surface area contributed by atoms with Crippen LogP contribution in [0.15, 0.2) is 47.7 Å². The van der Waals surface area contributed by atoms with E-state index in [4.69, 9.17) is 0 Å². The van der Waals surface area contributed by atoms with Crippen LogP contribution in [0.25, 0.3) is 6.08 Å². The minimum Gasteiger partial charge on any atom is -0.375 e. The van der Waals surface area contributed by atoms with E-state index in [9.17, 15) is 13.6 Å². The third-order valence-electron chi connectivity index (χ3n) is 4.45. The Bertz CT molecular complexity index is 712. The van der Waals surface area contributed by atoms with Crippen LogP contribution in [0.5, 0.6) is 0 Å². The minimum atomic E-state index is -0.697. The lowest BCUT2D eigenvalue weighted by Crippen LogP contribution is -2.32. The van der Waals surface area contributed by atoms with Crippen molar-refractivity contribution < 1.29 is 13.6 Å². The van der Waals surface area contributed by atoms with Gasteiger partial charge in [0.25, 0.3) is 0 Å². The van der Waals surface area contributed by atoms with Crippen molar-refractivity contribution in [1.82, 2.24) is 10.2 Å². The van der Waals surface area contributed by atoms with Crippen molar-refractivity contribution in [2.45, 2.75) is 53.5 Å². The van der Waals surface area contributed by atoms with Gasteiger partial charge < -0.3 is 10.2 Å². The molecule has 1 aromatic rings. The second-order valence-corrected chi connectivity index (χ2v) is 6.76. The van der Waals surface area contributed by atoms with E-state index in [-0.39, 0.29) is 11.6 Å². The smallest absolute Gasteiger partial charge is 0.244 e. The molecule has 1 aromatic carbocycles. The molecule has 1 unspecified atom stereocenters. The van der Waals surface area contributed by atoms with E-state index >= 15 is 0 Å². The number of allylic oxidation sites excluding steroid dienone is 2. The first kappa shape index (κ1) is 23.6. The second-order valence-electron chi connectivity index (χ2n) is 6.76. The first-order valence-corrected chi connectivity index (χ1v) is 9.86. The Morgan fingerprint density at radius 2 is 1.75 bits per heavy atom. The van der Waals surface area contributed by atoms with E-state index < -0.39 is 17.5 Å². The molecule has 0 saturated heterocycles. The Hall–Kier alpha value is -2.43. The van der Waals surface area contributed by atoms with Gasteiger partial charge >= 0.3 is 0 Å². The number of nitrogens with one attached hydrogen (secondary N) is 1. The number of amides is 1. The number of carbonyl (C=O) groups is 1. The van der Waals surface area contributed by atoms with Crippen LogP contribution in [0.2, 0.25) is 0 Å². The molecule has 28 heavy (non-hydrogen) atoms. The van der Waals surface area contributed by atoms with E-state index in [1.165, 1.54) is 6.07 Å². The van der Waals surface area contributed by atoms with Gasteiger partial charge in [0.1, 0.15) is 11.6 Å². The number of benzene rings is 1. The van der Waals surface area contributed by atoms with Gasteiger partial charge in [0.05, 0.1) is 6.04 Å². The fourth-order valence-electron chi connectivity index (χ4n) is 2.97. The molecule has 0 heterocycles. The quantitative estimate of drug-likeness (QED) is 0.425. The van der Waals surface area contributed by atoms with Crippen molar-refractivity contribution in [2.24, 2.45) is 0 Å². The molecule has 5 heteroatoms. The van der Waals surface area contributed by atoms with Gasteiger partial charge in [0.2, 0.25) is 5.91 Å². The Morgan fingerprint density at radius 3 is 2.25 bits per heavy atom. The lowest BCUT2D eigenvalue weighted by molar-refractivity contribution is -0.116. The molecule has 0 aromatic heterocycles. The van der Waals surface area contributed by atoms with Gasteiger partial charge in [-0.25, -0.2) is 8.78 Å². The maximum Gasteiger partial charge on any atom is 0.244 e. The fourth-order valence-corrected chi connectivity index (χ4v) is 2.97. The molecule has 0 fully saturated rings. The van der Waals surface area contributed by atoms with Gasteiger partial charge in [0, 0.05) is 30.4 Å². The Morgan fingerprint density at radius 1 is 1.18 bits per heavy atom. The molecule has 0 aliphatic rings. The number of carbonyl (C=O) groups excluding carboxylic acids is 1. The van der Waals surface area contributed by atoms with Crippen molar-refractivity contribution in [3.63, 3.8) is 0 Å². The minimum absolute atomic E-state index is 0.220. The first-order chi connectivity index (χ1) is 13.3. The van der Waals surface area contributed by atoms with Gasteiger partial charge in [0.15, 0.2) is 0 Å². The molecule has 0 radical (unpaired) electrons. The number of halogens is 2. The lowest BCUT2D eigenvalue weighted by Gasteiger charge is -2.25. The molecule has 0 saturated carbocycles. The summed E-state index contributed by atoms with van der Waals surface area (Å²) in [5.41, 5.74) is 1.91. The van der Waals surface area contributed by atoms with Gasteiger partial charge in [-0.2, -0.15) is 0 Å². The van der Waals surface area contributed by atoms with Gasteiger partial charge in [-0.1, -0.05) is 26.0 Å². The fraction of sp³-hybridized carbons (Fsp3) is 0.435. The molecule has 0 spiro atoms. The number of rotatable bonds is 10. The van der Waals surface area contributed by atoms with Crippen molar-refractivity contribution in [1.29, 1.82) is 0 Å². The summed E-state index contributed by atoms with van der Waals surface area (Å²) in [6.45, 7) is 12.2. The highest BCUT2D eigenvalue weighted by Crippen LogP contribution is 2.15. The molecule has 0 aliphatic carbocycles. The summed E-state index contributed by atoms with van der Waals surface area (Å²) < 4.78 is 27.3. The van der Waals surface area contributed by atoms with Crippen LogP contribution < -0.4 is 5.32 Å². The Labute approximate surface area is 167 Å². The summed E-state index contributed by atoms with van der Waals surface area (Å²) in [5.74, 6) is -1.80. The first-order valence-electron chi connectivity index (χ1n) is 9.86. The highest BCUT2D eigenvalue weighted by Gasteiger charge is 2.11. The van der Waals surface area contributed by atoms with Crippen molar-refractivity contribution in [3.05, 3.63) is 64.9 Å². The maximum atomic E-state index is 13.6. The molecule has 1 amide bonds. The van der Waals surface area contributed by atoms with E-state index in [0.717, 1.165) is 61.5 Å². The molecule has 1 rings (SSSR count). The predicted molar refractivity (Wildman–Crippen MR) is 113 cm³/mol. The molecule has 3 nitrogen and oxygen atoms in total. The van der Waals surface area contributed by atoms with Crippen LogP contribution in [0.1, 0.15) is 53.0 Å². The summed E-state index contributed by atoms with van der Waals surface area (Å²) in [6.07, 6.45) is 8.50. The number of nitrogens with zero attached hydrogens (tertiary/aromatic N) is 1. The average molecular weight is 391 g/mol. The van der Waals surface area contributed by atoms with Crippen molar-refractivity contribution >= 4 is 12.0 Å². The van der Waals surface area contributed by atoms with Crippen LogP contribution in [-0.2, 0) is 4.79 Å². The molecule has 1 N–H and O–H groups in total. The van der Waals surface area contributed by atoms with Crippen molar-refractivity contribution in [2.75, 3.05) is 13.1 Å². The largest absolute Gasteiger partial charge is 0.375 e. The van der Waals surface area contributed by atoms with Crippen LogP contribution >= 0.6 is 0 Å². The third-order valence-corrected chi connectivity index (χ3v) is 4.45. The number of hydrogen-bond acceptors (Lipinski definition) is 2. The topological polar surface area (TPSA) is 32.3 Å². The monoisotopic (exact) mass is 390 g/mol. The Kier molecular flexibility index (Phi) is 10.2. The summed E-state index contributed by atoms with van der Waals surface area (Å²) in [6, 6.07) is 3.38. The summed E-state index contributed by atoms with van der Waals surface area (Å²) in [4.78, 5) is 14.5. The van der Waals surface area contributed by atoms with Gasteiger partial charge in [-0.15, -0.1) is 0 Å². The van der Waals surface area contributed by atoms with Crippen LogP contribution in [0.3, 0.4) is 0 Å². The normalized spacial score (nSPS) is 13.7. The van der Waals surface area contributed by atoms with Gasteiger partial charge in [-0.3, -0.25) is 4.79 Å². The summed E-state index contributed by atoms with van der Waals surface area (Å²) >= 11 is 0. The summed E-state index contributed by atoms with van der Waals surface area (Å²) in [7, 11) is 0. The molecular formula is C23H32F2N2O. The number of hydrogen-bond donors (Lipinski definition) is 1. The highest BCUT2D eigenvalue weighted by atomic mass is 19.1. The van der Waals surface area contributed by atoms with Crippen LogP contribution in [0.4, 0.5) is 8.78 Å². The standard InChI is InChI=1S/C23H32F2N2O/c1-6-14-27(15-7-2)17(4)16-19(8-3)18(5)26-23(28)13-12-20-21(24)10-9-11-22(20)25/h8-13,16,18H,6-7,14-15H2,1-5H3,(H,26,28)/b13-12+,17-16+,19-8+. The van der Waals surface area contributed by atoms with E-state index in [1.54, 1.807) is 0 Å². The predicted octanol–water partition coefficient (Wildman–Crippen LogP) is 5.45. The zero-order valence-corrected chi connectivity index (χ0v) is 17.6. The zero-order valence-electron chi connectivity index (χ0n) is 17.6. The summed E-state index contributed by atoms with van der Waals surface area (Å²) in [5, 5.41) is 2.85. The van der Waals surface area contributed by atoms with E-state index in [2.05, 4.69) is 37.1 Å². The highest BCUT2D eigenvalue weighted by molar-refractivity contribution is 5.92. The second kappa shape index (κ2) is 12.1. The van der Waals surface area contributed by atoms with E-state index in [1.807, 2.05) is 19.9 Å². The van der Waals surface area contributed by atoms with Crippen molar-refractivity contribution in [3.8, 4) is 0 Å². The third kappa shape index (κ3) is 7.29. The van der Waals surface area contributed by atoms with E-state index in [0.29, 0.717) is 0 Å². The molecule has 154 valence electrons. The van der Waals surface area contributed by atoms with Gasteiger partial charge in [-0.05, 0) is 63.5 Å². The average Bonchev–Trinajstić information content (AvgIpc) is 2.65. The molecule has 0 aliphatic heterocycles. The SMILES string of the molecule is C/C=C(\C=C(/C)N(CCC)CCC)C(C)NC(=O)/C=C/c1c(F)cccc1F. The Balaban J connectivity index is 2.83. The van der Waals surface area contributed by atoms with Crippen LogP contribution in [-0.4, -0.2) is 29.9 Å². The molecular weight excluding hydrogens is 358 g/mol.